The molecule has 24 heavy (non-hydrogen) atoms. The van der Waals surface area contributed by atoms with Crippen molar-refractivity contribution in [2.24, 2.45) is 0 Å². The number of hydrogen-bond donors (Lipinski definition) is 2. The van der Waals surface area contributed by atoms with Crippen molar-refractivity contribution in [1.29, 1.82) is 5.26 Å². The number of benzene rings is 2. The maximum Gasteiger partial charge on any atom is 0.416 e. The normalized spacial score (nSPS) is 11.5. The van der Waals surface area contributed by atoms with E-state index in [1.807, 2.05) is 0 Å². The molecule has 0 aliphatic heterocycles. The third-order valence-corrected chi connectivity index (χ3v) is 2.97. The molecule has 0 aliphatic carbocycles. The number of rotatable bonds is 4. The van der Waals surface area contributed by atoms with Crippen molar-refractivity contribution in [1.82, 2.24) is 0 Å². The van der Waals surface area contributed by atoms with Crippen LogP contribution in [-0.2, 0) is 11.0 Å². The van der Waals surface area contributed by atoms with Crippen molar-refractivity contribution in [3.8, 4) is 6.07 Å². The lowest BCUT2D eigenvalue weighted by Gasteiger charge is -2.09. The Morgan fingerprint density at radius 3 is 2.33 bits per heavy atom. The van der Waals surface area contributed by atoms with Crippen LogP contribution in [0.15, 0.2) is 66.4 Å². The van der Waals surface area contributed by atoms with Gasteiger partial charge in [0.1, 0.15) is 11.6 Å². The molecule has 0 saturated heterocycles. The molecule has 2 rings (SSSR count). The third-order valence-electron chi connectivity index (χ3n) is 2.97. The fraction of sp³-hybridized carbons (Fsp3) is 0.0588. The molecule has 0 saturated carbocycles. The molecular weight excluding hydrogens is 319 g/mol. The first-order valence-corrected chi connectivity index (χ1v) is 6.80. The number of carbonyl (C=O) groups excluding carboxylic acids is 1. The number of hydrogen-bond acceptors (Lipinski definition) is 3. The van der Waals surface area contributed by atoms with Crippen molar-refractivity contribution in [2.75, 3.05) is 10.6 Å². The molecule has 0 bridgehead atoms. The van der Waals surface area contributed by atoms with E-state index in [0.717, 1.165) is 12.1 Å². The summed E-state index contributed by atoms with van der Waals surface area (Å²) < 4.78 is 38.0. The summed E-state index contributed by atoms with van der Waals surface area (Å²) in [4.78, 5) is 12.0. The van der Waals surface area contributed by atoms with Crippen molar-refractivity contribution >= 4 is 17.3 Å². The molecule has 2 N–H and O–H groups in total. The third kappa shape index (κ3) is 4.61. The van der Waals surface area contributed by atoms with E-state index in [4.69, 9.17) is 5.26 Å². The van der Waals surface area contributed by atoms with E-state index in [9.17, 15) is 18.0 Å². The summed E-state index contributed by atoms with van der Waals surface area (Å²) in [5.74, 6) is -0.805. The van der Waals surface area contributed by atoms with Crippen LogP contribution in [0.4, 0.5) is 24.5 Å². The zero-order valence-electron chi connectivity index (χ0n) is 12.3. The van der Waals surface area contributed by atoms with Gasteiger partial charge in [-0.1, -0.05) is 24.3 Å². The molecule has 7 heteroatoms. The maximum absolute atomic E-state index is 12.7. The minimum absolute atomic E-state index is 0.0457. The van der Waals surface area contributed by atoms with E-state index in [1.54, 1.807) is 36.4 Å². The summed E-state index contributed by atoms with van der Waals surface area (Å²) >= 11 is 0. The average Bonchev–Trinajstić information content (AvgIpc) is 2.56. The van der Waals surface area contributed by atoms with Gasteiger partial charge < -0.3 is 10.6 Å². The summed E-state index contributed by atoms with van der Waals surface area (Å²) in [5, 5.41) is 14.1. The molecular formula is C17H12F3N3O. The van der Waals surface area contributed by atoms with Gasteiger partial charge in [-0.15, -0.1) is 0 Å². The monoisotopic (exact) mass is 331 g/mol. The van der Waals surface area contributed by atoms with Crippen LogP contribution in [0.3, 0.4) is 0 Å². The summed E-state index contributed by atoms with van der Waals surface area (Å²) in [6.45, 7) is 0. The highest BCUT2D eigenvalue weighted by Gasteiger charge is 2.30. The SMILES string of the molecule is N#C/C(=C/Nc1ccccc1)C(=O)Nc1cccc(C(F)(F)F)c1. The van der Waals surface area contributed by atoms with Gasteiger partial charge in [0.15, 0.2) is 0 Å². The summed E-state index contributed by atoms with van der Waals surface area (Å²) in [6.07, 6.45) is -3.32. The number of amides is 1. The number of alkyl halides is 3. The lowest BCUT2D eigenvalue weighted by molar-refractivity contribution is -0.137. The number of anilines is 2. The number of para-hydroxylation sites is 1. The van der Waals surface area contributed by atoms with Crippen LogP contribution in [0.5, 0.6) is 0 Å². The summed E-state index contributed by atoms with van der Waals surface area (Å²) in [7, 11) is 0. The summed E-state index contributed by atoms with van der Waals surface area (Å²) in [6, 6.07) is 14.7. The van der Waals surface area contributed by atoms with Crippen LogP contribution in [0.1, 0.15) is 5.56 Å². The molecule has 2 aromatic carbocycles. The second kappa shape index (κ2) is 7.33. The molecule has 0 aromatic heterocycles. The van der Waals surface area contributed by atoms with E-state index < -0.39 is 17.6 Å². The standard InChI is InChI=1S/C17H12F3N3O/c18-17(19,20)13-5-4-8-15(9-13)23-16(24)12(10-21)11-22-14-6-2-1-3-7-14/h1-9,11,22H,(H,23,24)/b12-11-. The minimum atomic E-state index is -4.51. The highest BCUT2D eigenvalue weighted by molar-refractivity contribution is 6.06. The van der Waals surface area contributed by atoms with Crippen molar-refractivity contribution in [2.45, 2.75) is 6.18 Å². The van der Waals surface area contributed by atoms with Crippen molar-refractivity contribution < 1.29 is 18.0 Å². The van der Waals surface area contributed by atoms with E-state index >= 15 is 0 Å². The number of carbonyl (C=O) groups is 1. The van der Waals surface area contributed by atoms with Gasteiger partial charge >= 0.3 is 6.18 Å². The van der Waals surface area contributed by atoms with Crippen LogP contribution in [0.2, 0.25) is 0 Å². The molecule has 4 nitrogen and oxygen atoms in total. The minimum Gasteiger partial charge on any atom is -0.360 e. The van der Waals surface area contributed by atoms with Crippen LogP contribution in [0, 0.1) is 11.3 Å². The van der Waals surface area contributed by atoms with E-state index in [0.29, 0.717) is 5.69 Å². The molecule has 1 amide bonds. The van der Waals surface area contributed by atoms with E-state index in [1.165, 1.54) is 18.3 Å². The molecule has 2 aromatic rings. The molecule has 0 spiro atoms. The smallest absolute Gasteiger partial charge is 0.360 e. The van der Waals surface area contributed by atoms with Crippen molar-refractivity contribution in [3.05, 3.63) is 71.9 Å². The molecule has 122 valence electrons. The quantitative estimate of drug-likeness (QED) is 0.653. The molecule has 0 heterocycles. The zero-order valence-corrected chi connectivity index (χ0v) is 12.3. The van der Waals surface area contributed by atoms with Gasteiger partial charge in [-0.2, -0.15) is 18.4 Å². The van der Waals surface area contributed by atoms with Gasteiger partial charge in [0, 0.05) is 17.6 Å². The van der Waals surface area contributed by atoms with Gasteiger partial charge in [-0.25, -0.2) is 0 Å². The number of nitriles is 1. The lowest BCUT2D eigenvalue weighted by Crippen LogP contribution is -2.15. The van der Waals surface area contributed by atoms with Crippen LogP contribution in [0.25, 0.3) is 0 Å². The number of nitrogens with zero attached hydrogens (tertiary/aromatic N) is 1. The van der Waals surface area contributed by atoms with Crippen LogP contribution >= 0.6 is 0 Å². The Morgan fingerprint density at radius 2 is 1.71 bits per heavy atom. The zero-order chi connectivity index (χ0) is 17.6. The molecule has 0 fully saturated rings. The fourth-order valence-electron chi connectivity index (χ4n) is 1.81. The topological polar surface area (TPSA) is 64.9 Å². The average molecular weight is 331 g/mol. The Kier molecular flexibility index (Phi) is 5.22. The first-order valence-electron chi connectivity index (χ1n) is 6.80. The maximum atomic E-state index is 12.7. The predicted octanol–water partition coefficient (Wildman–Crippen LogP) is 4.16. The van der Waals surface area contributed by atoms with Gasteiger partial charge in [-0.3, -0.25) is 4.79 Å². The first-order chi connectivity index (χ1) is 11.4. The fourth-order valence-corrected chi connectivity index (χ4v) is 1.81. The molecule has 0 aliphatic rings. The van der Waals surface area contributed by atoms with Crippen molar-refractivity contribution in [3.63, 3.8) is 0 Å². The first kappa shape index (κ1) is 17.1. The largest absolute Gasteiger partial charge is 0.416 e. The Labute approximate surface area is 136 Å². The lowest BCUT2D eigenvalue weighted by atomic mass is 10.2. The van der Waals surface area contributed by atoms with Gasteiger partial charge in [-0.05, 0) is 30.3 Å². The van der Waals surface area contributed by atoms with Crippen LogP contribution in [-0.4, -0.2) is 5.91 Å². The Balaban J connectivity index is 2.11. The molecule has 0 radical (unpaired) electrons. The Hall–Kier alpha value is -3.27. The second-order valence-electron chi connectivity index (χ2n) is 4.71. The summed E-state index contributed by atoms with van der Waals surface area (Å²) in [5.41, 5.74) is -0.533. The van der Waals surface area contributed by atoms with E-state index in [-0.39, 0.29) is 11.3 Å². The highest BCUT2D eigenvalue weighted by atomic mass is 19.4. The second-order valence-corrected chi connectivity index (χ2v) is 4.71. The van der Waals surface area contributed by atoms with Crippen LogP contribution < -0.4 is 10.6 Å². The van der Waals surface area contributed by atoms with Gasteiger partial charge in [0.25, 0.3) is 5.91 Å². The molecule has 0 unspecified atom stereocenters. The Bertz CT molecular complexity index is 793. The Morgan fingerprint density at radius 1 is 1.04 bits per heavy atom. The van der Waals surface area contributed by atoms with Gasteiger partial charge in [0.05, 0.1) is 5.56 Å². The highest BCUT2D eigenvalue weighted by Crippen LogP contribution is 2.30. The predicted molar refractivity (Wildman–Crippen MR) is 83.8 cm³/mol. The number of nitrogens with one attached hydrogen (secondary N) is 2. The molecule has 0 atom stereocenters. The van der Waals surface area contributed by atoms with E-state index in [2.05, 4.69) is 10.6 Å². The van der Waals surface area contributed by atoms with Gasteiger partial charge in [0.2, 0.25) is 0 Å². The number of halogens is 3.